The molecule has 3 rings (SSSR count). The van der Waals surface area contributed by atoms with Crippen LogP contribution in [0.15, 0.2) is 28.0 Å². The van der Waals surface area contributed by atoms with Gasteiger partial charge in [-0.1, -0.05) is 37.0 Å². The van der Waals surface area contributed by atoms with Crippen molar-refractivity contribution >= 4 is 51.7 Å². The van der Waals surface area contributed by atoms with E-state index >= 15 is 0 Å². The first-order chi connectivity index (χ1) is 12.9. The molecule has 2 aromatic rings. The van der Waals surface area contributed by atoms with E-state index in [-0.39, 0.29) is 29.7 Å². The van der Waals surface area contributed by atoms with Crippen molar-refractivity contribution in [1.29, 1.82) is 0 Å². The van der Waals surface area contributed by atoms with E-state index in [0.717, 1.165) is 17.3 Å². The summed E-state index contributed by atoms with van der Waals surface area (Å²) in [5.41, 5.74) is 1.35. The van der Waals surface area contributed by atoms with E-state index in [1.54, 1.807) is 19.3 Å². The molecule has 27 heavy (non-hydrogen) atoms. The molecule has 0 radical (unpaired) electrons. The minimum Gasteiger partial charge on any atom is -0.394 e. The van der Waals surface area contributed by atoms with Crippen LogP contribution >= 0.6 is 24.0 Å². The molecule has 2 aromatic heterocycles. The quantitative estimate of drug-likeness (QED) is 0.582. The van der Waals surface area contributed by atoms with Crippen molar-refractivity contribution in [1.82, 2.24) is 14.3 Å². The fourth-order valence-corrected chi connectivity index (χ4v) is 3.86. The summed E-state index contributed by atoms with van der Waals surface area (Å²) in [6.07, 6.45) is 3.83. The Kier molecular flexibility index (Phi) is 5.64. The second-order valence-electron chi connectivity index (χ2n) is 6.24. The smallest absolute Gasteiger partial charge is 0.267 e. The van der Waals surface area contributed by atoms with Crippen molar-refractivity contribution in [3.8, 4) is 0 Å². The lowest BCUT2D eigenvalue weighted by Crippen LogP contribution is -2.28. The molecule has 0 saturated carbocycles. The number of aromatic nitrogens is 2. The zero-order valence-electron chi connectivity index (χ0n) is 15.2. The highest BCUT2D eigenvalue weighted by molar-refractivity contribution is 8.26. The van der Waals surface area contributed by atoms with Gasteiger partial charge >= 0.3 is 0 Å². The summed E-state index contributed by atoms with van der Waals surface area (Å²) in [4.78, 5) is 31.8. The summed E-state index contributed by atoms with van der Waals surface area (Å²) in [6, 6.07) is 3.39. The van der Waals surface area contributed by atoms with Gasteiger partial charge in [0.25, 0.3) is 11.5 Å². The van der Waals surface area contributed by atoms with Crippen LogP contribution in [0.1, 0.15) is 24.5 Å². The Hall–Kier alpha value is -2.23. The number of aliphatic hydroxyl groups excluding tert-OH is 1. The lowest BCUT2D eigenvalue weighted by atomic mass is 10.2. The van der Waals surface area contributed by atoms with Crippen molar-refractivity contribution in [2.45, 2.75) is 26.3 Å². The Labute approximate surface area is 166 Å². The molecule has 0 bridgehead atoms. The van der Waals surface area contributed by atoms with Crippen LogP contribution in [0.4, 0.5) is 5.82 Å². The van der Waals surface area contributed by atoms with Gasteiger partial charge in [0.15, 0.2) is 0 Å². The highest BCUT2D eigenvalue weighted by Crippen LogP contribution is 2.32. The number of nitrogens with zero attached hydrogens (tertiary/aromatic N) is 3. The molecule has 9 heteroatoms. The number of fused-ring (bicyclic) bond motifs is 1. The van der Waals surface area contributed by atoms with Crippen molar-refractivity contribution in [3.05, 3.63) is 44.7 Å². The zero-order valence-corrected chi connectivity index (χ0v) is 16.9. The van der Waals surface area contributed by atoms with Crippen LogP contribution in [0, 0.1) is 6.92 Å². The first-order valence-electron chi connectivity index (χ1n) is 8.48. The Bertz CT molecular complexity index is 1010. The average Bonchev–Trinajstić information content (AvgIpc) is 2.90. The van der Waals surface area contributed by atoms with Gasteiger partial charge in [-0.3, -0.25) is 18.9 Å². The average molecular weight is 405 g/mol. The minimum atomic E-state index is -0.291. The summed E-state index contributed by atoms with van der Waals surface area (Å²) in [5.74, 6) is 0.0930. The normalized spacial score (nSPS) is 17.2. The first-order valence-corrected chi connectivity index (χ1v) is 9.70. The fraction of sp³-hybridized carbons (Fsp3) is 0.333. The van der Waals surface area contributed by atoms with Crippen molar-refractivity contribution in [2.75, 3.05) is 19.0 Å². The number of anilines is 1. The number of carbonyl (C=O) groups excluding carboxylic acids is 1. The molecule has 1 aliphatic rings. The summed E-state index contributed by atoms with van der Waals surface area (Å²) in [5, 5.41) is 12.7. The van der Waals surface area contributed by atoms with Gasteiger partial charge in [-0.25, -0.2) is 4.98 Å². The van der Waals surface area contributed by atoms with Gasteiger partial charge in [-0.2, -0.15) is 0 Å². The van der Waals surface area contributed by atoms with Crippen LogP contribution in [-0.4, -0.2) is 49.3 Å². The number of aliphatic hydroxyl groups is 1. The monoisotopic (exact) mass is 404 g/mol. The molecule has 2 N–H and O–H groups in total. The van der Waals surface area contributed by atoms with Gasteiger partial charge < -0.3 is 10.4 Å². The van der Waals surface area contributed by atoms with Crippen LogP contribution in [0.2, 0.25) is 0 Å². The molecule has 0 unspecified atom stereocenters. The Morgan fingerprint density at radius 2 is 2.19 bits per heavy atom. The number of nitrogens with one attached hydrogen (secondary N) is 1. The summed E-state index contributed by atoms with van der Waals surface area (Å²) < 4.78 is 1.89. The molecular formula is C18H20N4O3S2. The number of likely N-dealkylation sites (N-methyl/N-ethyl adjacent to an activating group) is 1. The van der Waals surface area contributed by atoms with E-state index in [1.807, 2.05) is 19.9 Å². The standard InChI is InChI=1S/C18H20N4O3S2/c1-4-11(9-23)19-14-12(8-13-17(25)21(3)18(26)27-13)16(24)22-7-5-6-10(2)15(22)20-14/h5-8,11,19,23H,4,9H2,1-3H3/b13-8+/t11-/m1/s1. The molecular weight excluding hydrogens is 384 g/mol. The van der Waals surface area contributed by atoms with Gasteiger partial charge in [0, 0.05) is 13.2 Å². The first kappa shape index (κ1) is 19.5. The van der Waals surface area contributed by atoms with E-state index in [9.17, 15) is 14.7 Å². The van der Waals surface area contributed by atoms with Gasteiger partial charge in [0.1, 0.15) is 15.8 Å². The van der Waals surface area contributed by atoms with E-state index in [4.69, 9.17) is 12.2 Å². The molecule has 1 aliphatic heterocycles. The van der Waals surface area contributed by atoms with Gasteiger partial charge in [0.05, 0.1) is 23.1 Å². The maximum Gasteiger partial charge on any atom is 0.267 e. The highest BCUT2D eigenvalue weighted by atomic mass is 32.2. The fourth-order valence-electron chi connectivity index (χ4n) is 2.70. The van der Waals surface area contributed by atoms with Crippen LogP contribution in [0.3, 0.4) is 0 Å². The van der Waals surface area contributed by atoms with Crippen molar-refractivity contribution in [3.63, 3.8) is 0 Å². The van der Waals surface area contributed by atoms with Gasteiger partial charge in [-0.05, 0) is 31.1 Å². The second kappa shape index (κ2) is 7.79. The topological polar surface area (TPSA) is 86.9 Å². The molecule has 0 aliphatic carbocycles. The molecule has 3 heterocycles. The van der Waals surface area contributed by atoms with Gasteiger partial charge in [-0.15, -0.1) is 0 Å². The number of thioether (sulfide) groups is 1. The number of rotatable bonds is 5. The van der Waals surface area contributed by atoms with Crippen LogP contribution in [0.5, 0.6) is 0 Å². The number of thiocarbonyl (C=S) groups is 1. The largest absolute Gasteiger partial charge is 0.394 e. The molecule has 142 valence electrons. The predicted octanol–water partition coefficient (Wildman–Crippen LogP) is 2.02. The summed E-state index contributed by atoms with van der Waals surface area (Å²) in [7, 11) is 1.60. The Morgan fingerprint density at radius 3 is 2.78 bits per heavy atom. The zero-order chi connectivity index (χ0) is 19.7. The Morgan fingerprint density at radius 1 is 1.44 bits per heavy atom. The van der Waals surface area contributed by atoms with E-state index in [2.05, 4.69) is 10.3 Å². The number of amides is 1. The third-order valence-electron chi connectivity index (χ3n) is 4.40. The van der Waals surface area contributed by atoms with Crippen LogP contribution in [-0.2, 0) is 4.79 Å². The molecule has 1 saturated heterocycles. The molecule has 1 amide bonds. The minimum absolute atomic E-state index is 0.0954. The molecule has 7 nitrogen and oxygen atoms in total. The summed E-state index contributed by atoms with van der Waals surface area (Å²) >= 11 is 6.31. The Balaban J connectivity index is 2.23. The maximum atomic E-state index is 13.1. The second-order valence-corrected chi connectivity index (χ2v) is 7.91. The number of hydrogen-bond acceptors (Lipinski definition) is 7. The SMILES string of the molecule is CC[C@H](CO)Nc1nc2c(C)cccn2c(=O)c1/C=C1/SC(=S)N(C)C1=O. The highest BCUT2D eigenvalue weighted by Gasteiger charge is 2.29. The van der Waals surface area contributed by atoms with E-state index in [0.29, 0.717) is 27.1 Å². The van der Waals surface area contributed by atoms with E-state index < -0.39 is 0 Å². The van der Waals surface area contributed by atoms with E-state index in [1.165, 1.54) is 15.4 Å². The third-order valence-corrected chi connectivity index (χ3v) is 5.89. The predicted molar refractivity (Wildman–Crippen MR) is 112 cm³/mol. The van der Waals surface area contributed by atoms with Crippen molar-refractivity contribution < 1.29 is 9.90 Å². The third kappa shape index (κ3) is 3.62. The number of hydrogen-bond donors (Lipinski definition) is 2. The molecule has 0 spiro atoms. The molecule has 1 atom stereocenters. The summed E-state index contributed by atoms with van der Waals surface area (Å²) in [6.45, 7) is 3.70. The number of aryl methyl sites for hydroxylation is 1. The number of carbonyl (C=O) groups is 1. The van der Waals surface area contributed by atoms with Crippen LogP contribution < -0.4 is 10.9 Å². The van der Waals surface area contributed by atoms with Gasteiger partial charge in [0.2, 0.25) is 0 Å². The van der Waals surface area contributed by atoms with Crippen molar-refractivity contribution in [2.24, 2.45) is 0 Å². The molecule has 0 aromatic carbocycles. The lowest BCUT2D eigenvalue weighted by molar-refractivity contribution is -0.121. The maximum absolute atomic E-state index is 13.1. The number of pyridine rings is 1. The van der Waals surface area contributed by atoms with Crippen LogP contribution in [0.25, 0.3) is 11.7 Å². The molecule has 1 fully saturated rings. The lowest BCUT2D eigenvalue weighted by Gasteiger charge is -2.17.